The van der Waals surface area contributed by atoms with Crippen molar-refractivity contribution >= 4 is 33.9 Å². The van der Waals surface area contributed by atoms with E-state index in [1.54, 1.807) is 80.5 Å². The van der Waals surface area contributed by atoms with Crippen LogP contribution in [0.4, 0.5) is 5.00 Å². The predicted molar refractivity (Wildman–Crippen MR) is 190 cm³/mol. The Kier molecular flexibility index (Phi) is 10.4. The number of hydrogen-bond acceptors (Lipinski definition) is 9. The fraction of sp³-hybridized carbons (Fsp3) is 0.158. The topological polar surface area (TPSA) is 137 Å². The number of ether oxygens (including phenoxy) is 1. The van der Waals surface area contributed by atoms with Crippen LogP contribution in [-0.4, -0.2) is 31.7 Å². The number of benzene rings is 3. The Bertz CT molecular complexity index is 2150. The molecule has 6 aromatic rings. The molecule has 0 bridgehead atoms. The van der Waals surface area contributed by atoms with Crippen LogP contribution in [0.25, 0.3) is 11.1 Å². The van der Waals surface area contributed by atoms with Crippen molar-refractivity contribution in [2.75, 3.05) is 11.5 Å². The second-order valence-electron chi connectivity index (χ2n) is 11.3. The van der Waals surface area contributed by atoms with E-state index in [0.717, 1.165) is 22.5 Å². The van der Waals surface area contributed by atoms with Crippen LogP contribution in [0, 0.1) is 34.0 Å². The van der Waals surface area contributed by atoms with Gasteiger partial charge in [-0.15, -0.1) is 11.3 Å². The van der Waals surface area contributed by atoms with Gasteiger partial charge in [0.15, 0.2) is 0 Å². The zero-order valence-electron chi connectivity index (χ0n) is 27.0. The van der Waals surface area contributed by atoms with Crippen LogP contribution in [0.15, 0.2) is 97.8 Å². The number of nitrogens with zero attached hydrogens (tertiary/aromatic N) is 8. The first-order valence-corrected chi connectivity index (χ1v) is 16.8. The van der Waals surface area contributed by atoms with Crippen LogP contribution >= 0.6 is 22.9 Å². The number of halogens is 1. The van der Waals surface area contributed by atoms with E-state index in [0.29, 0.717) is 68.9 Å². The van der Waals surface area contributed by atoms with Crippen molar-refractivity contribution in [3.8, 4) is 29.3 Å². The lowest BCUT2D eigenvalue weighted by Gasteiger charge is -2.25. The summed E-state index contributed by atoms with van der Waals surface area (Å²) in [4.78, 5) is 24.7. The molecule has 0 saturated heterocycles. The second kappa shape index (κ2) is 15.4. The lowest BCUT2D eigenvalue weighted by molar-refractivity contribution is 0.0533. The maximum atomic E-state index is 13.4. The Balaban J connectivity index is 1.43. The van der Waals surface area contributed by atoms with Crippen LogP contribution in [0.3, 0.4) is 0 Å². The van der Waals surface area contributed by atoms with Crippen molar-refractivity contribution in [1.82, 2.24) is 19.1 Å². The summed E-state index contributed by atoms with van der Waals surface area (Å²) in [7, 11) is 0. The normalized spacial score (nSPS) is 10.6. The molecule has 3 heterocycles. The van der Waals surface area contributed by atoms with Gasteiger partial charge < -0.3 is 18.8 Å². The molecule has 0 N–H and O–H groups in total. The highest BCUT2D eigenvalue weighted by Crippen LogP contribution is 2.43. The van der Waals surface area contributed by atoms with Crippen molar-refractivity contribution < 1.29 is 9.53 Å². The number of carbonyl (C=O) groups excluding carboxylic acids is 1. The molecule has 0 atom stereocenters. The van der Waals surface area contributed by atoms with E-state index >= 15 is 0 Å². The molecule has 0 amide bonds. The Hall–Kier alpha value is -6.19. The minimum absolute atomic E-state index is 0.181. The van der Waals surface area contributed by atoms with E-state index in [1.807, 2.05) is 33.4 Å². The molecule has 50 heavy (non-hydrogen) atoms. The van der Waals surface area contributed by atoms with Crippen molar-refractivity contribution in [2.45, 2.75) is 33.1 Å². The first-order valence-electron chi connectivity index (χ1n) is 15.6. The average Bonchev–Trinajstić information content (AvgIpc) is 3.88. The van der Waals surface area contributed by atoms with Gasteiger partial charge >= 0.3 is 5.97 Å². The average molecular weight is 697 g/mol. The number of anilines is 1. The molecule has 12 heteroatoms. The summed E-state index contributed by atoms with van der Waals surface area (Å²) in [6.07, 6.45) is 7.08. The third-order valence-electron chi connectivity index (χ3n) is 8.06. The van der Waals surface area contributed by atoms with Crippen molar-refractivity contribution in [3.63, 3.8) is 0 Å². The van der Waals surface area contributed by atoms with Crippen molar-refractivity contribution in [2.24, 2.45) is 0 Å². The highest BCUT2D eigenvalue weighted by molar-refractivity contribution is 7.18. The van der Waals surface area contributed by atoms with Gasteiger partial charge in [-0.25, -0.2) is 14.8 Å². The first-order chi connectivity index (χ1) is 24.4. The molecule has 0 saturated carbocycles. The van der Waals surface area contributed by atoms with Crippen LogP contribution in [0.5, 0.6) is 0 Å². The summed E-state index contributed by atoms with van der Waals surface area (Å²) in [5.74, 6) is -0.512. The van der Waals surface area contributed by atoms with Gasteiger partial charge in [0.25, 0.3) is 0 Å². The summed E-state index contributed by atoms with van der Waals surface area (Å²) in [5.41, 5.74) is 6.41. The number of thiophene rings is 1. The highest BCUT2D eigenvalue weighted by Gasteiger charge is 2.29. The van der Waals surface area contributed by atoms with Gasteiger partial charge in [-0.1, -0.05) is 48.0 Å². The van der Waals surface area contributed by atoms with Crippen molar-refractivity contribution in [3.05, 3.63) is 147 Å². The van der Waals surface area contributed by atoms with Gasteiger partial charge in [0, 0.05) is 36.1 Å². The smallest absolute Gasteiger partial charge is 0.349 e. The second-order valence-corrected chi connectivity index (χ2v) is 12.8. The third-order valence-corrected chi connectivity index (χ3v) is 9.54. The Morgan fingerprint density at radius 3 is 1.78 bits per heavy atom. The zero-order chi connectivity index (χ0) is 35.0. The van der Waals surface area contributed by atoms with Gasteiger partial charge in [0.05, 0.1) is 72.6 Å². The minimum atomic E-state index is -0.512. The standard InChI is InChI=1S/C38H29ClN8O2S/c1-2-49-38(48)36-35(30-11-13-31(39)14-12-30)34(17-42)37(50-36)45(22-32-18-43-24-46(32)20-28-7-3-26(15-40)4-8-28)23-33-19-44-25-47(33)21-29-9-5-27(16-41)6-10-29/h3-14,18-19,24-25H,2,20-23H2,1H3. The molecule has 246 valence electrons. The predicted octanol–water partition coefficient (Wildman–Crippen LogP) is 7.56. The molecule has 0 radical (unpaired) electrons. The molecule has 0 fully saturated rings. The molecule has 0 aliphatic carbocycles. The minimum Gasteiger partial charge on any atom is -0.462 e. The summed E-state index contributed by atoms with van der Waals surface area (Å²) in [5, 5.41) is 30.3. The monoisotopic (exact) mass is 696 g/mol. The number of carbonyl (C=O) groups is 1. The maximum absolute atomic E-state index is 13.4. The Morgan fingerprint density at radius 2 is 1.32 bits per heavy atom. The molecule has 6 rings (SSSR count). The lowest BCUT2D eigenvalue weighted by Crippen LogP contribution is -2.25. The van der Waals surface area contributed by atoms with Gasteiger partial charge in [-0.05, 0) is 60.0 Å². The van der Waals surface area contributed by atoms with Crippen LogP contribution in [0.2, 0.25) is 5.02 Å². The van der Waals surface area contributed by atoms with Gasteiger partial charge in [0.2, 0.25) is 0 Å². The fourth-order valence-corrected chi connectivity index (χ4v) is 6.87. The summed E-state index contributed by atoms with van der Waals surface area (Å²) in [6, 6.07) is 28.5. The molecule has 3 aromatic carbocycles. The van der Waals surface area contributed by atoms with E-state index in [2.05, 4.69) is 33.1 Å². The summed E-state index contributed by atoms with van der Waals surface area (Å²) >= 11 is 7.42. The molecule has 0 spiro atoms. The maximum Gasteiger partial charge on any atom is 0.349 e. The first kappa shape index (κ1) is 33.7. The van der Waals surface area contributed by atoms with Gasteiger partial charge in [-0.3, -0.25) is 0 Å². The molecular formula is C38H29ClN8O2S. The number of hydrogen-bond donors (Lipinski definition) is 0. The van der Waals surface area contributed by atoms with Gasteiger partial charge in [-0.2, -0.15) is 15.8 Å². The molecule has 0 unspecified atom stereocenters. The third kappa shape index (κ3) is 7.43. The largest absolute Gasteiger partial charge is 0.462 e. The molecule has 3 aromatic heterocycles. The van der Waals surface area contributed by atoms with Crippen LogP contribution in [0.1, 0.15) is 55.8 Å². The number of imidazole rings is 2. The molecule has 10 nitrogen and oxygen atoms in total. The van der Waals surface area contributed by atoms with Gasteiger partial charge in [0.1, 0.15) is 15.9 Å². The zero-order valence-corrected chi connectivity index (χ0v) is 28.5. The Labute approximate surface area is 298 Å². The van der Waals surface area contributed by atoms with Crippen LogP contribution in [-0.2, 0) is 30.9 Å². The Morgan fingerprint density at radius 1 is 0.800 bits per heavy atom. The quantitative estimate of drug-likeness (QED) is 0.120. The van der Waals surface area contributed by atoms with Crippen LogP contribution < -0.4 is 4.90 Å². The number of aromatic nitrogens is 4. The van der Waals surface area contributed by atoms with E-state index < -0.39 is 5.97 Å². The number of nitriles is 3. The summed E-state index contributed by atoms with van der Waals surface area (Å²) in [6.45, 7) is 3.65. The van der Waals surface area contributed by atoms with E-state index in [1.165, 1.54) is 11.3 Å². The molecular weight excluding hydrogens is 668 g/mol. The van der Waals surface area contributed by atoms with Crippen molar-refractivity contribution in [1.29, 1.82) is 15.8 Å². The highest BCUT2D eigenvalue weighted by atomic mass is 35.5. The number of rotatable bonds is 12. The lowest BCUT2D eigenvalue weighted by atomic mass is 10.0. The SMILES string of the molecule is CCOC(=O)c1sc(N(Cc2cncn2Cc2ccc(C#N)cc2)Cc2cncn2Cc2ccc(C#N)cc2)c(C#N)c1-c1ccc(Cl)cc1. The van der Waals surface area contributed by atoms with E-state index in [9.17, 15) is 20.6 Å². The number of esters is 1. The molecule has 0 aliphatic heterocycles. The fourth-order valence-electron chi connectivity index (χ4n) is 5.58. The molecule has 0 aliphatic rings. The van der Waals surface area contributed by atoms with E-state index in [-0.39, 0.29) is 6.61 Å². The summed E-state index contributed by atoms with van der Waals surface area (Å²) < 4.78 is 9.52. The van der Waals surface area contributed by atoms with E-state index in [4.69, 9.17) is 16.3 Å².